The highest BCUT2D eigenvalue weighted by Gasteiger charge is 2.10. The van der Waals surface area contributed by atoms with E-state index >= 15 is 0 Å². The van der Waals surface area contributed by atoms with E-state index in [4.69, 9.17) is 4.74 Å². The molecule has 0 saturated carbocycles. The second-order valence-electron chi connectivity index (χ2n) is 7.74. The summed E-state index contributed by atoms with van der Waals surface area (Å²) in [6.45, 7) is 10.2. The monoisotopic (exact) mass is 422 g/mol. The lowest BCUT2D eigenvalue weighted by Crippen LogP contribution is -2.33. The Kier molecular flexibility index (Phi) is 8.91. The number of anilines is 1. The number of piperidine rings is 1. The minimum absolute atomic E-state index is 0.240. The first-order chi connectivity index (χ1) is 15.2. The van der Waals surface area contributed by atoms with E-state index in [1.54, 1.807) is 18.3 Å². The topological polar surface area (TPSA) is 57.2 Å². The van der Waals surface area contributed by atoms with E-state index in [9.17, 15) is 4.79 Å². The second kappa shape index (κ2) is 12.1. The van der Waals surface area contributed by atoms with Gasteiger partial charge in [0.05, 0.1) is 6.21 Å². The normalized spacial score (nSPS) is 14.5. The number of ether oxygens (including phenoxy) is 1. The first-order valence-electron chi connectivity index (χ1n) is 11.3. The van der Waals surface area contributed by atoms with Gasteiger partial charge in [-0.25, -0.2) is 5.43 Å². The number of nitrogens with one attached hydrogen (secondary N) is 1. The zero-order valence-corrected chi connectivity index (χ0v) is 18.7. The van der Waals surface area contributed by atoms with Gasteiger partial charge in [-0.2, -0.15) is 5.10 Å². The quantitative estimate of drug-likeness (QED) is 0.461. The number of hydrogen-bond acceptors (Lipinski definition) is 5. The van der Waals surface area contributed by atoms with Crippen molar-refractivity contribution in [1.82, 2.24) is 10.3 Å². The molecule has 2 aromatic rings. The van der Waals surface area contributed by atoms with Crippen molar-refractivity contribution in [2.45, 2.75) is 33.1 Å². The number of nitrogens with zero attached hydrogens (tertiary/aromatic N) is 3. The van der Waals surface area contributed by atoms with Crippen LogP contribution in [0.5, 0.6) is 5.75 Å². The lowest BCUT2D eigenvalue weighted by atomic mass is 10.1. The largest absolute Gasteiger partial charge is 0.492 e. The van der Waals surface area contributed by atoms with Crippen molar-refractivity contribution >= 4 is 17.8 Å². The van der Waals surface area contributed by atoms with Gasteiger partial charge >= 0.3 is 0 Å². The van der Waals surface area contributed by atoms with E-state index in [0.29, 0.717) is 12.2 Å². The van der Waals surface area contributed by atoms with Crippen LogP contribution < -0.4 is 15.1 Å². The molecule has 1 aliphatic rings. The van der Waals surface area contributed by atoms with Crippen molar-refractivity contribution in [1.29, 1.82) is 0 Å². The molecular formula is C25H34N4O2. The number of hydrazone groups is 1. The number of rotatable bonds is 10. The van der Waals surface area contributed by atoms with E-state index in [0.717, 1.165) is 30.9 Å². The van der Waals surface area contributed by atoms with Crippen molar-refractivity contribution in [3.63, 3.8) is 0 Å². The van der Waals surface area contributed by atoms with Crippen LogP contribution in [-0.4, -0.2) is 56.4 Å². The Hall–Kier alpha value is -2.86. The average molecular weight is 423 g/mol. The molecule has 1 amide bonds. The Morgan fingerprint density at radius 2 is 1.71 bits per heavy atom. The Morgan fingerprint density at radius 3 is 2.35 bits per heavy atom. The highest BCUT2D eigenvalue weighted by atomic mass is 16.5. The van der Waals surface area contributed by atoms with Gasteiger partial charge in [0.25, 0.3) is 5.91 Å². The number of carbonyl (C=O) groups excluding carboxylic acids is 1. The lowest BCUT2D eigenvalue weighted by Gasteiger charge is -2.26. The van der Waals surface area contributed by atoms with Crippen molar-refractivity contribution < 1.29 is 9.53 Å². The third kappa shape index (κ3) is 7.10. The molecule has 0 unspecified atom stereocenters. The maximum Gasteiger partial charge on any atom is 0.271 e. The summed E-state index contributed by atoms with van der Waals surface area (Å²) < 4.78 is 5.82. The molecule has 1 N–H and O–H groups in total. The standard InChI is InChI=1S/C25H34N4O2/c1-3-29(4-2)23-12-8-21(9-13-23)20-26-27-25(30)22-10-14-24(15-11-22)31-19-18-28-16-6-5-7-17-28/h8-15,20H,3-7,16-19H2,1-2H3,(H,27,30)/b26-20+. The highest BCUT2D eigenvalue weighted by Crippen LogP contribution is 2.15. The van der Waals surface area contributed by atoms with Gasteiger partial charge in [0.15, 0.2) is 0 Å². The van der Waals surface area contributed by atoms with Crippen LogP contribution in [0.25, 0.3) is 0 Å². The first kappa shape index (κ1) is 22.8. The van der Waals surface area contributed by atoms with Gasteiger partial charge in [-0.05, 0) is 81.7 Å². The summed E-state index contributed by atoms with van der Waals surface area (Å²) in [5, 5.41) is 4.08. The third-order valence-corrected chi connectivity index (χ3v) is 5.64. The lowest BCUT2D eigenvalue weighted by molar-refractivity contribution is 0.0955. The number of benzene rings is 2. The molecule has 0 aliphatic carbocycles. The molecule has 0 spiro atoms. The van der Waals surface area contributed by atoms with Crippen molar-refractivity contribution in [3.05, 3.63) is 59.7 Å². The van der Waals surface area contributed by atoms with E-state index in [1.165, 1.54) is 38.0 Å². The minimum atomic E-state index is -0.240. The van der Waals surface area contributed by atoms with E-state index in [1.807, 2.05) is 24.3 Å². The molecule has 3 rings (SSSR count). The first-order valence-corrected chi connectivity index (χ1v) is 11.3. The molecule has 6 heteroatoms. The van der Waals surface area contributed by atoms with Crippen LogP contribution >= 0.6 is 0 Å². The molecule has 0 bridgehead atoms. The fourth-order valence-electron chi connectivity index (χ4n) is 3.77. The molecule has 1 aliphatic heterocycles. The van der Waals surface area contributed by atoms with Gasteiger partial charge in [0, 0.05) is 30.9 Å². The van der Waals surface area contributed by atoms with Gasteiger partial charge in [0.2, 0.25) is 0 Å². The summed E-state index contributed by atoms with van der Waals surface area (Å²) >= 11 is 0. The molecule has 2 aromatic carbocycles. The average Bonchev–Trinajstić information content (AvgIpc) is 2.82. The molecular weight excluding hydrogens is 388 g/mol. The molecule has 0 atom stereocenters. The maximum absolute atomic E-state index is 12.3. The van der Waals surface area contributed by atoms with Crippen LogP contribution in [0.1, 0.15) is 49.0 Å². The highest BCUT2D eigenvalue weighted by molar-refractivity contribution is 5.95. The van der Waals surface area contributed by atoms with Crippen LogP contribution in [0.15, 0.2) is 53.6 Å². The molecule has 0 aromatic heterocycles. The number of amides is 1. The van der Waals surface area contributed by atoms with Gasteiger partial charge in [-0.3, -0.25) is 9.69 Å². The molecule has 1 fully saturated rings. The predicted octanol–water partition coefficient (Wildman–Crippen LogP) is 4.16. The Balaban J connectivity index is 1.43. The Morgan fingerprint density at radius 1 is 1.03 bits per heavy atom. The molecule has 166 valence electrons. The summed E-state index contributed by atoms with van der Waals surface area (Å²) in [6, 6.07) is 15.3. The van der Waals surface area contributed by atoms with E-state index in [-0.39, 0.29) is 5.91 Å². The molecule has 0 radical (unpaired) electrons. The number of likely N-dealkylation sites (tertiary alicyclic amines) is 1. The zero-order chi connectivity index (χ0) is 21.9. The molecule has 31 heavy (non-hydrogen) atoms. The smallest absolute Gasteiger partial charge is 0.271 e. The van der Waals surface area contributed by atoms with Crippen LogP contribution in [0, 0.1) is 0 Å². The Bertz CT molecular complexity index is 824. The van der Waals surface area contributed by atoms with Gasteiger partial charge in [-0.15, -0.1) is 0 Å². The SMILES string of the molecule is CCN(CC)c1ccc(/C=N/NC(=O)c2ccc(OCCN3CCCCC3)cc2)cc1. The summed E-state index contributed by atoms with van der Waals surface area (Å²) in [5.41, 5.74) is 5.26. The summed E-state index contributed by atoms with van der Waals surface area (Å²) in [5.74, 6) is 0.543. The summed E-state index contributed by atoms with van der Waals surface area (Å²) in [4.78, 5) is 17.0. The van der Waals surface area contributed by atoms with E-state index < -0.39 is 0 Å². The number of hydrogen-bond donors (Lipinski definition) is 1. The fraction of sp³-hybridized carbons (Fsp3) is 0.440. The summed E-state index contributed by atoms with van der Waals surface area (Å²) in [7, 11) is 0. The van der Waals surface area contributed by atoms with Crippen LogP contribution in [0.4, 0.5) is 5.69 Å². The van der Waals surface area contributed by atoms with Gasteiger partial charge < -0.3 is 9.64 Å². The van der Waals surface area contributed by atoms with Gasteiger partial charge in [-0.1, -0.05) is 18.6 Å². The van der Waals surface area contributed by atoms with E-state index in [2.05, 4.69) is 46.3 Å². The predicted molar refractivity (Wildman–Crippen MR) is 127 cm³/mol. The minimum Gasteiger partial charge on any atom is -0.492 e. The molecule has 6 nitrogen and oxygen atoms in total. The van der Waals surface area contributed by atoms with Crippen LogP contribution in [-0.2, 0) is 0 Å². The Labute approximate surface area is 185 Å². The maximum atomic E-state index is 12.3. The second-order valence-corrected chi connectivity index (χ2v) is 7.74. The molecule has 1 saturated heterocycles. The van der Waals surface area contributed by atoms with Crippen LogP contribution in [0.3, 0.4) is 0 Å². The van der Waals surface area contributed by atoms with Crippen LogP contribution in [0.2, 0.25) is 0 Å². The van der Waals surface area contributed by atoms with Crippen molar-refractivity contribution in [2.75, 3.05) is 44.2 Å². The van der Waals surface area contributed by atoms with Gasteiger partial charge in [0.1, 0.15) is 12.4 Å². The summed E-state index contributed by atoms with van der Waals surface area (Å²) in [6.07, 6.45) is 5.57. The zero-order valence-electron chi connectivity index (χ0n) is 18.7. The fourth-order valence-corrected chi connectivity index (χ4v) is 3.77. The van der Waals surface area contributed by atoms with Crippen molar-refractivity contribution in [3.8, 4) is 5.75 Å². The number of carbonyl (C=O) groups is 1. The third-order valence-electron chi connectivity index (χ3n) is 5.64. The van der Waals surface area contributed by atoms with Crippen molar-refractivity contribution in [2.24, 2.45) is 5.10 Å². The molecule has 1 heterocycles.